The van der Waals surface area contributed by atoms with Gasteiger partial charge in [-0.25, -0.2) is 4.98 Å². The largest absolute Gasteiger partial charge is 0.496 e. The smallest absolute Gasteiger partial charge is 0.313 e. The van der Waals surface area contributed by atoms with Crippen molar-refractivity contribution in [2.24, 2.45) is 5.92 Å². The van der Waals surface area contributed by atoms with Crippen LogP contribution in [0.1, 0.15) is 47.8 Å². The maximum Gasteiger partial charge on any atom is 0.313 e. The lowest BCUT2D eigenvalue weighted by molar-refractivity contribution is -0.143. The first-order valence-corrected chi connectivity index (χ1v) is 11.1. The highest BCUT2D eigenvalue weighted by atomic mass is 35.5. The Morgan fingerprint density at radius 1 is 1.18 bits per heavy atom. The van der Waals surface area contributed by atoms with Crippen LogP contribution in [0.15, 0.2) is 40.9 Å². The van der Waals surface area contributed by atoms with Gasteiger partial charge >= 0.3 is 17.8 Å². The summed E-state index contributed by atoms with van der Waals surface area (Å²) in [4.78, 5) is 27.8. The number of anilines is 1. The lowest BCUT2D eigenvalue weighted by atomic mass is 9.87. The number of hydrogen-bond donors (Lipinski definition) is 2. The molecule has 0 radical (unpaired) electrons. The summed E-state index contributed by atoms with van der Waals surface area (Å²) in [7, 11) is 1.54. The fraction of sp³-hybridized carbons (Fsp3) is 0.348. The normalized spacial score (nSPS) is 17.7. The lowest BCUT2D eigenvalue weighted by Crippen LogP contribution is -2.28. The fourth-order valence-electron chi connectivity index (χ4n) is 3.75. The Morgan fingerprint density at radius 2 is 1.97 bits per heavy atom. The predicted octanol–water partition coefficient (Wildman–Crippen LogP) is 3.99. The van der Waals surface area contributed by atoms with E-state index in [4.69, 9.17) is 30.6 Å². The molecule has 3 aromatic rings. The first kappa shape index (κ1) is 23.5. The van der Waals surface area contributed by atoms with Crippen LogP contribution in [0.2, 0.25) is 5.02 Å². The Bertz CT molecular complexity index is 1160. The van der Waals surface area contributed by atoms with E-state index in [1.807, 2.05) is 0 Å². The number of rotatable bonds is 8. The van der Waals surface area contributed by atoms with Gasteiger partial charge in [-0.3, -0.25) is 9.59 Å². The van der Waals surface area contributed by atoms with Crippen molar-refractivity contribution in [2.45, 2.75) is 38.2 Å². The van der Waals surface area contributed by atoms with Crippen LogP contribution in [0.25, 0.3) is 0 Å². The molecule has 178 valence electrons. The first-order chi connectivity index (χ1) is 16.4. The predicted molar refractivity (Wildman–Crippen MR) is 121 cm³/mol. The van der Waals surface area contributed by atoms with Gasteiger partial charge < -0.3 is 24.3 Å². The first-order valence-electron chi connectivity index (χ1n) is 10.7. The number of amides is 1. The molecule has 1 fully saturated rings. The third-order valence-corrected chi connectivity index (χ3v) is 5.79. The Hall–Kier alpha value is -3.66. The molecule has 0 atom stereocenters. The molecule has 2 heterocycles. The highest BCUT2D eigenvalue weighted by Crippen LogP contribution is 2.28. The second-order valence-electron chi connectivity index (χ2n) is 7.90. The van der Waals surface area contributed by atoms with E-state index >= 15 is 0 Å². The lowest BCUT2D eigenvalue weighted by Gasteiger charge is -2.26. The number of benzene rings is 1. The van der Waals surface area contributed by atoms with Gasteiger partial charge in [-0.15, -0.1) is 10.2 Å². The molecule has 10 nitrogen and oxygen atoms in total. The Balaban J connectivity index is 1.31. The molecule has 2 aromatic heterocycles. The van der Waals surface area contributed by atoms with Crippen molar-refractivity contribution in [1.29, 1.82) is 0 Å². The third-order valence-electron chi connectivity index (χ3n) is 5.56. The minimum atomic E-state index is -0.755. The standard InChI is InChI=1S/C23H23ClN4O6/c1-32-18-11-15(24)5-2-14(18)10-20-27-28-22(34-20)21(29)26-16-6-9-19(25-12-16)33-17-7-3-13(4-8-17)23(30)31/h2,5-6,9,11-13,17H,3-4,7-8,10H2,1H3,(H,26,29)(H,30,31). The summed E-state index contributed by atoms with van der Waals surface area (Å²) in [6.45, 7) is 0. The molecule has 1 amide bonds. The summed E-state index contributed by atoms with van der Waals surface area (Å²) in [5.74, 6) is -0.555. The molecule has 0 saturated heterocycles. The van der Waals surface area contributed by atoms with Gasteiger partial charge in [0.15, 0.2) is 0 Å². The van der Waals surface area contributed by atoms with Crippen molar-refractivity contribution in [3.05, 3.63) is 58.9 Å². The van der Waals surface area contributed by atoms with Crippen molar-refractivity contribution >= 4 is 29.2 Å². The SMILES string of the molecule is COc1cc(Cl)ccc1Cc1nnc(C(=O)Nc2ccc(OC3CCC(C(=O)O)CC3)nc2)o1. The average Bonchev–Trinajstić information content (AvgIpc) is 3.30. The highest BCUT2D eigenvalue weighted by Gasteiger charge is 2.27. The molecule has 1 aliphatic carbocycles. The van der Waals surface area contributed by atoms with Gasteiger partial charge in [-0.2, -0.15) is 0 Å². The van der Waals surface area contributed by atoms with E-state index in [1.165, 1.54) is 13.3 Å². The van der Waals surface area contributed by atoms with Gasteiger partial charge in [0, 0.05) is 16.7 Å². The summed E-state index contributed by atoms with van der Waals surface area (Å²) >= 11 is 5.98. The average molecular weight is 487 g/mol. The Labute approximate surface area is 200 Å². The van der Waals surface area contributed by atoms with Gasteiger partial charge in [0.1, 0.15) is 11.9 Å². The summed E-state index contributed by atoms with van der Waals surface area (Å²) in [6, 6.07) is 8.50. The number of nitrogens with zero attached hydrogens (tertiary/aromatic N) is 3. The van der Waals surface area contributed by atoms with Crippen molar-refractivity contribution in [1.82, 2.24) is 15.2 Å². The Kier molecular flexibility index (Phi) is 7.27. The van der Waals surface area contributed by atoms with E-state index in [-0.39, 0.29) is 30.2 Å². The number of aliphatic carboxylic acids is 1. The number of carboxylic acid groups (broad SMARTS) is 1. The quantitative estimate of drug-likeness (QED) is 0.484. The number of halogens is 1. The molecule has 0 unspecified atom stereocenters. The number of carbonyl (C=O) groups is 2. The van der Waals surface area contributed by atoms with Crippen LogP contribution in [0, 0.1) is 5.92 Å². The topological polar surface area (TPSA) is 137 Å². The molecule has 0 spiro atoms. The van der Waals surface area contributed by atoms with Crippen molar-refractivity contribution in [3.63, 3.8) is 0 Å². The zero-order valence-electron chi connectivity index (χ0n) is 18.4. The number of carbonyl (C=O) groups excluding carboxylic acids is 1. The van der Waals surface area contributed by atoms with Crippen LogP contribution in [0.5, 0.6) is 11.6 Å². The van der Waals surface area contributed by atoms with E-state index in [2.05, 4.69) is 20.5 Å². The molecule has 0 aliphatic heterocycles. The zero-order chi connectivity index (χ0) is 24.1. The van der Waals surface area contributed by atoms with Gasteiger partial charge in [0.2, 0.25) is 11.8 Å². The number of nitrogens with one attached hydrogen (secondary N) is 1. The van der Waals surface area contributed by atoms with Crippen molar-refractivity contribution < 1.29 is 28.6 Å². The highest BCUT2D eigenvalue weighted by molar-refractivity contribution is 6.30. The second-order valence-corrected chi connectivity index (χ2v) is 8.34. The van der Waals surface area contributed by atoms with E-state index in [9.17, 15) is 9.59 Å². The molecule has 34 heavy (non-hydrogen) atoms. The van der Waals surface area contributed by atoms with E-state index < -0.39 is 11.9 Å². The molecule has 11 heteroatoms. The van der Waals surface area contributed by atoms with Gasteiger partial charge in [0.25, 0.3) is 0 Å². The molecule has 0 bridgehead atoms. The summed E-state index contributed by atoms with van der Waals surface area (Å²) in [5, 5.41) is 20.0. The van der Waals surface area contributed by atoms with E-state index in [1.54, 1.807) is 30.3 Å². The van der Waals surface area contributed by atoms with Crippen LogP contribution >= 0.6 is 11.6 Å². The van der Waals surface area contributed by atoms with Crippen molar-refractivity contribution in [3.8, 4) is 11.6 Å². The molecular formula is C23H23ClN4O6. The number of methoxy groups -OCH3 is 1. The minimum absolute atomic E-state index is 0.0698. The van der Waals surface area contributed by atoms with E-state index in [0.29, 0.717) is 48.0 Å². The zero-order valence-corrected chi connectivity index (χ0v) is 19.1. The summed E-state index contributed by atoms with van der Waals surface area (Å²) in [6.07, 6.45) is 4.18. The molecule has 1 aromatic carbocycles. The minimum Gasteiger partial charge on any atom is -0.496 e. The third kappa shape index (κ3) is 5.82. The van der Waals surface area contributed by atoms with Crippen LogP contribution in [-0.2, 0) is 11.2 Å². The molecule has 2 N–H and O–H groups in total. The maximum atomic E-state index is 12.5. The fourth-order valence-corrected chi connectivity index (χ4v) is 3.91. The van der Waals surface area contributed by atoms with E-state index in [0.717, 1.165) is 5.56 Å². The summed E-state index contributed by atoms with van der Waals surface area (Å²) in [5.41, 5.74) is 1.23. The van der Waals surface area contributed by atoms with Crippen LogP contribution in [0.3, 0.4) is 0 Å². The number of carboxylic acids is 1. The monoisotopic (exact) mass is 486 g/mol. The molecule has 4 rings (SSSR count). The molecule has 1 saturated carbocycles. The van der Waals surface area contributed by atoms with Crippen LogP contribution < -0.4 is 14.8 Å². The van der Waals surface area contributed by atoms with Crippen LogP contribution in [-0.4, -0.2) is 45.4 Å². The number of aromatic nitrogens is 3. The number of hydrogen-bond acceptors (Lipinski definition) is 8. The number of ether oxygens (including phenoxy) is 2. The van der Waals surface area contributed by atoms with Gasteiger partial charge in [-0.05, 0) is 43.9 Å². The van der Waals surface area contributed by atoms with Gasteiger partial charge in [0.05, 0.1) is 31.3 Å². The van der Waals surface area contributed by atoms with Crippen LogP contribution in [0.4, 0.5) is 5.69 Å². The number of pyridine rings is 1. The van der Waals surface area contributed by atoms with Crippen molar-refractivity contribution in [2.75, 3.05) is 12.4 Å². The van der Waals surface area contributed by atoms with Gasteiger partial charge in [-0.1, -0.05) is 17.7 Å². The molecular weight excluding hydrogens is 464 g/mol. The maximum absolute atomic E-state index is 12.5. The second kappa shape index (κ2) is 10.5. The Morgan fingerprint density at radius 3 is 2.65 bits per heavy atom. The molecule has 1 aliphatic rings. The summed E-state index contributed by atoms with van der Waals surface area (Å²) < 4.78 is 16.6.